The smallest absolute Gasteiger partial charge is 0.252 e. The number of fused-ring (bicyclic) bond motifs is 2. The second-order valence-corrected chi connectivity index (χ2v) is 9.38. The molecule has 2 N–H and O–H groups in total. The summed E-state index contributed by atoms with van der Waals surface area (Å²) in [7, 11) is 0. The first-order chi connectivity index (χ1) is 21.3. The van der Waals surface area contributed by atoms with Gasteiger partial charge >= 0.3 is 0 Å². The van der Waals surface area contributed by atoms with E-state index in [4.69, 9.17) is 6.57 Å². The molecule has 0 radical (unpaired) electrons. The summed E-state index contributed by atoms with van der Waals surface area (Å²) in [5, 5.41) is 52.9. The highest BCUT2D eigenvalue weighted by molar-refractivity contribution is 5.68. The van der Waals surface area contributed by atoms with Crippen LogP contribution in [0.1, 0.15) is 28.6 Å². The Morgan fingerprint density at radius 3 is 1.89 bits per heavy atom. The molecule has 0 aliphatic carbocycles. The molecular weight excluding hydrogens is 568 g/mol. The van der Waals surface area contributed by atoms with E-state index in [1.54, 1.807) is 33.8 Å². The lowest BCUT2D eigenvalue weighted by Gasteiger charge is -2.06. The van der Waals surface area contributed by atoms with Crippen molar-refractivity contribution in [1.29, 1.82) is 5.26 Å². The van der Waals surface area contributed by atoms with E-state index in [1.165, 1.54) is 37.3 Å². The molecule has 0 spiro atoms. The van der Waals surface area contributed by atoms with Crippen LogP contribution in [0, 0.1) is 45.6 Å². The van der Waals surface area contributed by atoms with Crippen LogP contribution in [-0.2, 0) is 0 Å². The fourth-order valence-corrected chi connectivity index (χ4v) is 4.41. The summed E-state index contributed by atoms with van der Waals surface area (Å²) in [5.74, 6) is 2.09. The van der Waals surface area contributed by atoms with Crippen molar-refractivity contribution in [3.8, 4) is 17.7 Å². The van der Waals surface area contributed by atoms with Gasteiger partial charge in [0.2, 0.25) is 0 Å². The fraction of sp³-hybridized carbons (Fsp3) is 0.167. The van der Waals surface area contributed by atoms with Crippen LogP contribution in [0.15, 0.2) is 45.2 Å². The molecular formula is C24H18N20. The number of nitriles is 1. The number of aromatic nitrogens is 14. The van der Waals surface area contributed by atoms with E-state index >= 15 is 0 Å². The summed E-state index contributed by atoms with van der Waals surface area (Å²) in [6, 6.07) is 3.63. The van der Waals surface area contributed by atoms with Gasteiger partial charge in [-0.05, 0) is 27.7 Å². The molecule has 20 nitrogen and oxygen atoms in total. The van der Waals surface area contributed by atoms with Gasteiger partial charge in [0.05, 0.1) is 30.4 Å². The lowest BCUT2D eigenvalue weighted by molar-refractivity contribution is 0.793. The van der Waals surface area contributed by atoms with Gasteiger partial charge in [-0.25, -0.2) is 19.5 Å². The monoisotopic (exact) mass is 586 g/mol. The largest absolute Gasteiger partial charge is 0.324 e. The van der Waals surface area contributed by atoms with Gasteiger partial charge in [0.15, 0.2) is 45.9 Å². The molecule has 7 rings (SSSR count). The number of H-pyrrole nitrogens is 2. The minimum Gasteiger partial charge on any atom is -0.324 e. The Kier molecular flexibility index (Phi) is 5.81. The van der Waals surface area contributed by atoms with Crippen LogP contribution in [0.2, 0.25) is 0 Å². The van der Waals surface area contributed by atoms with E-state index in [0.717, 1.165) is 0 Å². The second-order valence-electron chi connectivity index (χ2n) is 9.38. The van der Waals surface area contributed by atoms with E-state index in [1.807, 2.05) is 0 Å². The average Bonchev–Trinajstić information content (AvgIpc) is 3.84. The van der Waals surface area contributed by atoms with Crippen LogP contribution in [0.5, 0.6) is 0 Å². The quantitative estimate of drug-likeness (QED) is 0.211. The maximum Gasteiger partial charge on any atom is 0.252 e. The number of hydrogen-bond acceptors (Lipinski definition) is 13. The Balaban J connectivity index is 1.28. The van der Waals surface area contributed by atoms with Gasteiger partial charge < -0.3 is 9.97 Å². The molecule has 0 aliphatic rings. The summed E-state index contributed by atoms with van der Waals surface area (Å²) in [4.78, 5) is 18.4. The highest BCUT2D eigenvalue weighted by atomic mass is 15.5. The standard InChI is InChI=1S/C24H18N20/c1-11-19(23-31-13(3)39-43(23)37-11)33-35-21-15(7-25)8-29-41(21)17-6-18(28-10-27-17)42-22(16(26-5)9-30-42)36-34-20-12(2)38-44-24(20)32-14(4)40-44/h6,8-10H,1-4H3,(H,31,39)(H,32,40)/b35-33+,36-34+. The van der Waals surface area contributed by atoms with Crippen molar-refractivity contribution in [3.05, 3.63) is 64.8 Å². The first kappa shape index (κ1) is 26.0. The molecule has 0 unspecified atom stereocenters. The van der Waals surface area contributed by atoms with Crippen LogP contribution in [0.4, 0.5) is 28.7 Å². The SMILES string of the molecule is [C-]#[N+]c1cnn(-c2cc(-n3ncc(C#N)c3/N=N/c3c(C)nn4nc(C)[nH]c34)ncn2)c1/N=N/c1c(C)nn2nc(C)[nH]c12. The summed E-state index contributed by atoms with van der Waals surface area (Å²) in [6.07, 6.45) is 4.00. The molecule has 44 heavy (non-hydrogen) atoms. The zero-order valence-electron chi connectivity index (χ0n) is 23.4. The van der Waals surface area contributed by atoms with Gasteiger partial charge in [-0.2, -0.15) is 30.3 Å². The van der Waals surface area contributed by atoms with E-state index in [0.29, 0.717) is 45.7 Å². The lowest BCUT2D eigenvalue weighted by Crippen LogP contribution is -2.05. The Labute approximate surface area is 245 Å². The molecule has 7 aromatic rings. The molecule has 0 aromatic carbocycles. The van der Waals surface area contributed by atoms with E-state index in [-0.39, 0.29) is 34.5 Å². The zero-order chi connectivity index (χ0) is 30.5. The summed E-state index contributed by atoms with van der Waals surface area (Å²) in [6.45, 7) is 14.8. The van der Waals surface area contributed by atoms with Gasteiger partial charge in [0.1, 0.15) is 29.6 Å². The predicted octanol–water partition coefficient (Wildman–Crippen LogP) is 4.08. The van der Waals surface area contributed by atoms with Crippen LogP contribution in [0.3, 0.4) is 0 Å². The number of hydrogen-bond donors (Lipinski definition) is 2. The average molecular weight is 587 g/mol. The second kappa shape index (κ2) is 9.85. The van der Waals surface area contributed by atoms with Crippen molar-refractivity contribution in [2.45, 2.75) is 27.7 Å². The van der Waals surface area contributed by atoms with Crippen LogP contribution in [-0.4, -0.2) is 69.2 Å². The zero-order valence-corrected chi connectivity index (χ0v) is 23.4. The Morgan fingerprint density at radius 2 is 1.32 bits per heavy atom. The molecule has 20 heteroatoms. The van der Waals surface area contributed by atoms with Gasteiger partial charge in [-0.1, -0.05) is 0 Å². The molecule has 214 valence electrons. The minimum atomic E-state index is 0.130. The third-order valence-electron chi connectivity index (χ3n) is 6.38. The molecule has 0 atom stereocenters. The molecule has 7 aromatic heterocycles. The summed E-state index contributed by atoms with van der Waals surface area (Å²) >= 11 is 0. The van der Waals surface area contributed by atoms with E-state index < -0.39 is 0 Å². The van der Waals surface area contributed by atoms with Crippen molar-refractivity contribution in [2.75, 3.05) is 0 Å². The maximum atomic E-state index is 9.74. The maximum absolute atomic E-state index is 9.74. The summed E-state index contributed by atoms with van der Waals surface area (Å²) < 4.78 is 5.56. The van der Waals surface area contributed by atoms with E-state index in [2.05, 4.69) is 81.9 Å². The fourth-order valence-electron chi connectivity index (χ4n) is 4.41. The first-order valence-corrected chi connectivity index (χ1v) is 12.8. The number of nitrogens with zero attached hydrogens (tertiary/aromatic N) is 18. The van der Waals surface area contributed by atoms with Crippen molar-refractivity contribution in [1.82, 2.24) is 69.2 Å². The van der Waals surface area contributed by atoms with E-state index in [9.17, 15) is 5.26 Å². The Morgan fingerprint density at radius 1 is 0.773 bits per heavy atom. The normalized spacial score (nSPS) is 11.9. The molecule has 0 fully saturated rings. The molecule has 0 bridgehead atoms. The van der Waals surface area contributed by atoms with Crippen molar-refractivity contribution in [3.63, 3.8) is 0 Å². The van der Waals surface area contributed by atoms with Gasteiger partial charge in [-0.3, -0.25) is 0 Å². The highest BCUT2D eigenvalue weighted by Gasteiger charge is 2.19. The minimum absolute atomic E-state index is 0.130. The number of aryl methyl sites for hydroxylation is 4. The van der Waals surface area contributed by atoms with Crippen LogP contribution >= 0.6 is 0 Å². The number of azo groups is 2. The predicted molar refractivity (Wildman–Crippen MR) is 149 cm³/mol. The Hall–Kier alpha value is -6.96. The topological polar surface area (TPSA) is 231 Å². The summed E-state index contributed by atoms with van der Waals surface area (Å²) in [5.41, 5.74) is 3.53. The van der Waals surface area contributed by atoms with Crippen molar-refractivity contribution >= 4 is 40.0 Å². The van der Waals surface area contributed by atoms with Crippen molar-refractivity contribution in [2.24, 2.45) is 20.5 Å². The van der Waals surface area contributed by atoms with Crippen LogP contribution in [0.25, 0.3) is 27.8 Å². The number of nitrogens with one attached hydrogen (secondary N) is 2. The van der Waals surface area contributed by atoms with Gasteiger partial charge in [0, 0.05) is 6.07 Å². The Bertz CT molecular complexity index is 2200. The van der Waals surface area contributed by atoms with Crippen molar-refractivity contribution < 1.29 is 0 Å². The number of aromatic amines is 2. The molecule has 7 heterocycles. The third-order valence-corrected chi connectivity index (χ3v) is 6.38. The van der Waals surface area contributed by atoms with Gasteiger partial charge in [-0.15, -0.1) is 39.9 Å². The van der Waals surface area contributed by atoms with Crippen LogP contribution < -0.4 is 0 Å². The number of rotatable bonds is 6. The molecule has 0 saturated carbocycles. The first-order valence-electron chi connectivity index (χ1n) is 12.8. The van der Waals surface area contributed by atoms with Gasteiger partial charge in [0.25, 0.3) is 5.69 Å². The highest BCUT2D eigenvalue weighted by Crippen LogP contribution is 2.34. The molecule has 0 aliphatic heterocycles. The molecule has 0 amide bonds. The lowest BCUT2D eigenvalue weighted by atomic mass is 10.3. The third kappa shape index (κ3) is 4.14. The molecule has 0 saturated heterocycles.